The number of aliphatic hydroxyl groups excluding tert-OH is 1. The predicted octanol–water partition coefficient (Wildman–Crippen LogP) is 6.27. The number of rotatable bonds is 11. The Labute approximate surface area is 252 Å². The molecule has 2 atom stereocenters. The van der Waals surface area contributed by atoms with Crippen molar-refractivity contribution in [1.82, 2.24) is 10.6 Å². The second-order valence-corrected chi connectivity index (χ2v) is 12.1. The van der Waals surface area contributed by atoms with E-state index in [9.17, 15) is 14.7 Å². The van der Waals surface area contributed by atoms with Gasteiger partial charge in [-0.2, -0.15) is 0 Å². The van der Waals surface area contributed by atoms with E-state index in [2.05, 4.69) is 16.7 Å². The Hall–Kier alpha value is -2.90. The summed E-state index contributed by atoms with van der Waals surface area (Å²) in [6.45, 7) is 1.41. The number of nitrogens with zero attached hydrogens (tertiary/aromatic N) is 1. The fourth-order valence-corrected chi connectivity index (χ4v) is 6.53. The van der Waals surface area contributed by atoms with Crippen molar-refractivity contribution in [3.05, 3.63) is 99.0 Å². The number of nitrogens with one attached hydrogen (secondary N) is 2. The molecular weight excluding hydrogens is 557 g/mol. The Morgan fingerprint density at radius 2 is 1.68 bits per heavy atom. The van der Waals surface area contributed by atoms with Gasteiger partial charge in [0, 0.05) is 47.4 Å². The third kappa shape index (κ3) is 7.89. The first-order chi connectivity index (χ1) is 19.9. The smallest absolute Gasteiger partial charge is 0.251 e. The van der Waals surface area contributed by atoms with Gasteiger partial charge in [-0.05, 0) is 84.7 Å². The molecule has 1 saturated carbocycles. The molecule has 1 heterocycles. The molecule has 0 bridgehead atoms. The van der Waals surface area contributed by atoms with Crippen molar-refractivity contribution in [2.45, 2.75) is 69.6 Å². The van der Waals surface area contributed by atoms with Gasteiger partial charge in [0.25, 0.3) is 5.91 Å². The highest BCUT2D eigenvalue weighted by atomic mass is 35.5. The molecule has 1 saturated heterocycles. The Balaban J connectivity index is 1.34. The molecule has 1 aliphatic carbocycles. The van der Waals surface area contributed by atoms with E-state index >= 15 is 0 Å². The fraction of sp³-hybridized carbons (Fsp3) is 0.394. The van der Waals surface area contributed by atoms with Crippen LogP contribution in [-0.2, 0) is 17.8 Å². The lowest BCUT2D eigenvalue weighted by Crippen LogP contribution is -2.48. The lowest BCUT2D eigenvalue weighted by molar-refractivity contribution is -0.117. The topological polar surface area (TPSA) is 81.7 Å². The molecule has 41 heavy (non-hydrogen) atoms. The van der Waals surface area contributed by atoms with Crippen molar-refractivity contribution in [2.24, 2.45) is 0 Å². The molecule has 0 unspecified atom stereocenters. The van der Waals surface area contributed by atoms with Crippen molar-refractivity contribution >= 4 is 40.7 Å². The summed E-state index contributed by atoms with van der Waals surface area (Å²) in [4.78, 5) is 28.1. The number of hydrogen-bond donors (Lipinski definition) is 3. The maximum atomic E-state index is 13.8. The van der Waals surface area contributed by atoms with E-state index in [4.69, 9.17) is 23.2 Å². The van der Waals surface area contributed by atoms with Gasteiger partial charge in [-0.15, -0.1) is 0 Å². The Morgan fingerprint density at radius 1 is 0.951 bits per heavy atom. The van der Waals surface area contributed by atoms with Crippen LogP contribution < -0.4 is 15.5 Å². The van der Waals surface area contributed by atoms with Gasteiger partial charge in [-0.1, -0.05) is 66.4 Å². The van der Waals surface area contributed by atoms with Gasteiger partial charge in [-0.25, -0.2) is 0 Å². The number of carbonyl (C=O) groups excluding carboxylic acids is 2. The van der Waals surface area contributed by atoms with Crippen LogP contribution in [-0.4, -0.2) is 42.2 Å². The number of amides is 2. The minimum absolute atomic E-state index is 0.101. The van der Waals surface area contributed by atoms with E-state index in [1.54, 1.807) is 11.0 Å². The van der Waals surface area contributed by atoms with Crippen molar-refractivity contribution in [3.63, 3.8) is 0 Å². The van der Waals surface area contributed by atoms with Crippen molar-refractivity contribution in [3.8, 4) is 0 Å². The average Bonchev–Trinajstić information content (AvgIpc) is 3.65. The third-order valence-electron chi connectivity index (χ3n) is 8.10. The van der Waals surface area contributed by atoms with Crippen LogP contribution in [0.1, 0.15) is 71.5 Å². The van der Waals surface area contributed by atoms with Gasteiger partial charge < -0.3 is 20.6 Å². The van der Waals surface area contributed by atoms with E-state index < -0.39 is 12.1 Å². The first-order valence-corrected chi connectivity index (χ1v) is 15.3. The van der Waals surface area contributed by atoms with Crippen molar-refractivity contribution < 1.29 is 14.7 Å². The zero-order valence-corrected chi connectivity index (χ0v) is 24.6. The van der Waals surface area contributed by atoms with Gasteiger partial charge in [0.05, 0.1) is 12.1 Å². The molecule has 5 rings (SSSR count). The molecule has 6 nitrogen and oxygen atoms in total. The van der Waals surface area contributed by atoms with Gasteiger partial charge in [-0.3, -0.25) is 9.59 Å². The normalized spacial score (nSPS) is 17.1. The van der Waals surface area contributed by atoms with Crippen LogP contribution in [0.25, 0.3) is 0 Å². The summed E-state index contributed by atoms with van der Waals surface area (Å²) in [6, 6.07) is 20.5. The van der Waals surface area contributed by atoms with Gasteiger partial charge >= 0.3 is 0 Å². The molecule has 1 aliphatic heterocycles. The quantitative estimate of drug-likeness (QED) is 0.245. The highest BCUT2D eigenvalue weighted by Gasteiger charge is 2.27. The number of anilines is 1. The maximum Gasteiger partial charge on any atom is 0.251 e. The van der Waals surface area contributed by atoms with Crippen LogP contribution in [0, 0.1) is 0 Å². The van der Waals surface area contributed by atoms with Crippen LogP contribution in [0.15, 0.2) is 66.7 Å². The lowest BCUT2D eigenvalue weighted by atomic mass is 9.94. The summed E-state index contributed by atoms with van der Waals surface area (Å²) >= 11 is 12.3. The summed E-state index contributed by atoms with van der Waals surface area (Å²) in [6.07, 6.45) is 5.53. The monoisotopic (exact) mass is 593 g/mol. The summed E-state index contributed by atoms with van der Waals surface area (Å²) in [5.41, 5.74) is 4.36. The Morgan fingerprint density at radius 3 is 2.37 bits per heavy atom. The molecule has 3 aromatic carbocycles. The molecular formula is C33H37Cl2N3O3. The first kappa shape index (κ1) is 29.6. The number of benzene rings is 3. The van der Waals surface area contributed by atoms with Crippen LogP contribution in [0.3, 0.4) is 0 Å². The van der Waals surface area contributed by atoms with Crippen LogP contribution in [0.2, 0.25) is 10.0 Å². The second kappa shape index (κ2) is 13.8. The van der Waals surface area contributed by atoms with E-state index in [1.165, 1.54) is 12.8 Å². The summed E-state index contributed by atoms with van der Waals surface area (Å²) in [5, 5.41) is 18.8. The standard InChI is InChI=1S/C33H37Cl2N3O3/c34-27-13-23(14-28(35)19-27)20-36-21-31(39)30(15-22-7-2-1-3-8-22)37-33(41)26-16-25(24-9-4-5-10-24)17-29(18-26)38-12-6-11-32(38)40/h1-3,7-8,13-14,16-19,24,30-31,36,39H,4-6,9-12,15,20-21H2,(H,37,41)/t30-,31-/m0/s1. The molecule has 2 fully saturated rings. The van der Waals surface area contributed by atoms with E-state index in [1.807, 2.05) is 54.6 Å². The Kier molecular flexibility index (Phi) is 9.99. The SMILES string of the molecule is O=C(N[C@@H](Cc1ccccc1)[C@@H](O)CNCc1cc(Cl)cc(Cl)c1)c1cc(C2CCCC2)cc(N2CCCC2=O)c1. The van der Waals surface area contributed by atoms with Gasteiger partial charge in [0.1, 0.15) is 0 Å². The fourth-order valence-electron chi connectivity index (χ4n) is 5.96. The summed E-state index contributed by atoms with van der Waals surface area (Å²) in [5.74, 6) is 0.248. The second-order valence-electron chi connectivity index (χ2n) is 11.2. The molecule has 2 amide bonds. The van der Waals surface area contributed by atoms with E-state index in [-0.39, 0.29) is 18.4 Å². The highest BCUT2D eigenvalue weighted by Crippen LogP contribution is 2.37. The lowest BCUT2D eigenvalue weighted by Gasteiger charge is -2.26. The summed E-state index contributed by atoms with van der Waals surface area (Å²) in [7, 11) is 0. The van der Waals surface area contributed by atoms with Crippen LogP contribution in [0.4, 0.5) is 5.69 Å². The highest BCUT2D eigenvalue weighted by molar-refractivity contribution is 6.34. The van der Waals surface area contributed by atoms with Gasteiger partial charge in [0.2, 0.25) is 5.91 Å². The molecule has 216 valence electrons. The van der Waals surface area contributed by atoms with E-state index in [0.29, 0.717) is 47.5 Å². The molecule has 3 aromatic rings. The Bertz CT molecular complexity index is 1340. The third-order valence-corrected chi connectivity index (χ3v) is 8.53. The number of halogens is 2. The number of hydrogen-bond acceptors (Lipinski definition) is 4. The largest absolute Gasteiger partial charge is 0.390 e. The average molecular weight is 595 g/mol. The van der Waals surface area contributed by atoms with Crippen LogP contribution in [0.5, 0.6) is 0 Å². The molecule has 2 aliphatic rings. The van der Waals surface area contributed by atoms with Crippen LogP contribution >= 0.6 is 23.2 Å². The number of aliphatic hydroxyl groups is 1. The first-order valence-electron chi connectivity index (χ1n) is 14.5. The molecule has 0 radical (unpaired) electrons. The van der Waals surface area contributed by atoms with Gasteiger partial charge in [0.15, 0.2) is 0 Å². The minimum atomic E-state index is -0.855. The van der Waals surface area contributed by atoms with Crippen molar-refractivity contribution in [1.29, 1.82) is 0 Å². The molecule has 3 N–H and O–H groups in total. The molecule has 0 aromatic heterocycles. The zero-order chi connectivity index (χ0) is 28.8. The predicted molar refractivity (Wildman–Crippen MR) is 165 cm³/mol. The number of carbonyl (C=O) groups is 2. The summed E-state index contributed by atoms with van der Waals surface area (Å²) < 4.78 is 0. The zero-order valence-electron chi connectivity index (χ0n) is 23.1. The van der Waals surface area contributed by atoms with E-state index in [0.717, 1.165) is 41.6 Å². The minimum Gasteiger partial charge on any atom is -0.390 e. The maximum absolute atomic E-state index is 13.8. The molecule has 0 spiro atoms. The molecule has 8 heteroatoms. The van der Waals surface area contributed by atoms with Crippen molar-refractivity contribution in [2.75, 3.05) is 18.0 Å².